The van der Waals surface area contributed by atoms with Crippen molar-refractivity contribution < 1.29 is 39.6 Å². The summed E-state index contributed by atoms with van der Waals surface area (Å²) in [6.45, 7) is 1.73. The number of carboxylic acids is 1. The summed E-state index contributed by atoms with van der Waals surface area (Å²) in [4.78, 5) is 52.5. The first-order valence-electron chi connectivity index (χ1n) is 10.9. The first-order valence-corrected chi connectivity index (χ1v) is 10.9. The topological polar surface area (TPSA) is 227 Å². The van der Waals surface area contributed by atoms with Crippen LogP contribution in [0.4, 0.5) is 0 Å². The molecule has 0 aliphatic heterocycles. The molecule has 0 radical (unpaired) electrons. The molecule has 0 saturated carbocycles. The Morgan fingerprint density at radius 1 is 0.943 bits per heavy atom. The van der Waals surface area contributed by atoms with E-state index in [0.717, 1.165) is 10.9 Å². The molecule has 2 aromatic rings. The Labute approximate surface area is 200 Å². The summed E-state index contributed by atoms with van der Waals surface area (Å²) in [5.74, 6) is -4.22. The highest BCUT2D eigenvalue weighted by molar-refractivity contribution is 5.95. The zero-order chi connectivity index (χ0) is 26.3. The Balaban J connectivity index is 2.32. The van der Waals surface area contributed by atoms with Crippen LogP contribution >= 0.6 is 0 Å². The maximum absolute atomic E-state index is 13.0. The molecule has 35 heavy (non-hydrogen) atoms. The number of para-hydroxylation sites is 1. The van der Waals surface area contributed by atoms with E-state index < -0.39 is 66.7 Å². The summed E-state index contributed by atoms with van der Waals surface area (Å²) >= 11 is 0. The van der Waals surface area contributed by atoms with Crippen LogP contribution in [0.3, 0.4) is 0 Å². The molecule has 1 aromatic carbocycles. The molecule has 0 bridgehead atoms. The van der Waals surface area contributed by atoms with Crippen LogP contribution in [0.5, 0.6) is 0 Å². The number of hydrogen-bond acceptors (Lipinski definition) is 8. The number of rotatable bonds is 12. The second-order valence-electron chi connectivity index (χ2n) is 8.21. The lowest BCUT2D eigenvalue weighted by Gasteiger charge is -2.26. The normalized spacial score (nSPS) is 16.4. The highest BCUT2D eigenvalue weighted by Crippen LogP contribution is 2.19. The van der Waals surface area contributed by atoms with Crippen molar-refractivity contribution in [1.29, 1.82) is 0 Å². The molecule has 0 aliphatic rings. The smallest absolute Gasteiger partial charge is 0.328 e. The summed E-state index contributed by atoms with van der Waals surface area (Å²) in [6, 6.07) is 1.35. The number of benzene rings is 1. The average molecular weight is 494 g/mol. The first kappa shape index (κ1) is 27.7. The fraction of sp³-hybridized carbons (Fsp3) is 0.455. The Kier molecular flexibility index (Phi) is 9.71. The number of aromatic amines is 1. The number of carbonyl (C=O) groups excluding carboxylic acids is 3. The number of carbonyl (C=O) groups is 4. The van der Waals surface area contributed by atoms with Gasteiger partial charge in [0.05, 0.1) is 18.8 Å². The molecule has 1 heterocycles. The average Bonchev–Trinajstić information content (AvgIpc) is 3.21. The third kappa shape index (κ3) is 7.23. The van der Waals surface area contributed by atoms with Crippen LogP contribution in [0.1, 0.15) is 19.4 Å². The minimum Gasteiger partial charge on any atom is -0.480 e. The maximum Gasteiger partial charge on any atom is 0.328 e. The second-order valence-corrected chi connectivity index (χ2v) is 8.21. The molecule has 13 nitrogen and oxygen atoms in total. The second kappa shape index (κ2) is 12.3. The Bertz CT molecular complexity index is 1050. The van der Waals surface area contributed by atoms with Crippen LogP contribution in [-0.2, 0) is 25.6 Å². The standard InChI is InChI=1S/C22H31N5O8/c1-10(29)17(26-19(31)14(23)9-28)21(33)25-16(20(32)27-18(11(2)30)22(34)35)7-12-8-24-15-6-4-3-5-13(12)15/h3-6,8,10-11,14,16-18,24,28-30H,7,9,23H2,1-2H3,(H,25,33)(H,26,31)(H,27,32)(H,34,35). The van der Waals surface area contributed by atoms with E-state index in [1.54, 1.807) is 18.3 Å². The fourth-order valence-electron chi connectivity index (χ4n) is 3.38. The van der Waals surface area contributed by atoms with Gasteiger partial charge in [-0.25, -0.2) is 4.79 Å². The number of amides is 3. The van der Waals surface area contributed by atoms with E-state index in [-0.39, 0.29) is 6.42 Å². The highest BCUT2D eigenvalue weighted by Gasteiger charge is 2.33. The SMILES string of the molecule is CC(O)C(NC(=O)C(Cc1c[nH]c2ccccc12)NC(=O)C(NC(=O)C(N)CO)C(C)O)C(=O)O. The summed E-state index contributed by atoms with van der Waals surface area (Å²) in [5.41, 5.74) is 6.85. The van der Waals surface area contributed by atoms with E-state index >= 15 is 0 Å². The van der Waals surface area contributed by atoms with Crippen molar-refractivity contribution in [1.82, 2.24) is 20.9 Å². The lowest BCUT2D eigenvalue weighted by Crippen LogP contribution is -2.61. The summed E-state index contributed by atoms with van der Waals surface area (Å²) < 4.78 is 0. The minimum absolute atomic E-state index is 0.0790. The summed E-state index contributed by atoms with van der Waals surface area (Å²) in [5, 5.41) is 45.7. The van der Waals surface area contributed by atoms with Gasteiger partial charge < -0.3 is 47.1 Å². The predicted molar refractivity (Wildman–Crippen MR) is 124 cm³/mol. The van der Waals surface area contributed by atoms with E-state index in [2.05, 4.69) is 20.9 Å². The lowest BCUT2D eigenvalue weighted by atomic mass is 10.0. The van der Waals surface area contributed by atoms with Gasteiger partial charge in [-0.05, 0) is 25.5 Å². The van der Waals surface area contributed by atoms with Gasteiger partial charge in [-0.3, -0.25) is 14.4 Å². The molecular weight excluding hydrogens is 462 g/mol. The van der Waals surface area contributed by atoms with E-state index in [9.17, 15) is 34.5 Å². The van der Waals surface area contributed by atoms with Gasteiger partial charge in [0.1, 0.15) is 18.1 Å². The lowest BCUT2D eigenvalue weighted by molar-refractivity contribution is -0.145. The largest absolute Gasteiger partial charge is 0.480 e. The van der Waals surface area contributed by atoms with Gasteiger partial charge in [-0.15, -0.1) is 0 Å². The highest BCUT2D eigenvalue weighted by atomic mass is 16.4. The molecular formula is C22H31N5O8. The van der Waals surface area contributed by atoms with Crippen LogP contribution < -0.4 is 21.7 Å². The zero-order valence-corrected chi connectivity index (χ0v) is 19.3. The monoisotopic (exact) mass is 493 g/mol. The van der Waals surface area contributed by atoms with Crippen molar-refractivity contribution in [3.05, 3.63) is 36.0 Å². The van der Waals surface area contributed by atoms with E-state index in [0.29, 0.717) is 5.56 Å². The molecule has 0 fully saturated rings. The van der Waals surface area contributed by atoms with Crippen LogP contribution in [0, 0.1) is 0 Å². The van der Waals surface area contributed by atoms with Gasteiger partial charge in [0, 0.05) is 23.5 Å². The zero-order valence-electron chi connectivity index (χ0n) is 19.3. The van der Waals surface area contributed by atoms with E-state index in [1.807, 2.05) is 12.1 Å². The third-order valence-corrected chi connectivity index (χ3v) is 5.37. The quantitative estimate of drug-likeness (QED) is 0.150. The van der Waals surface area contributed by atoms with Crippen molar-refractivity contribution in [3.8, 4) is 0 Å². The summed E-state index contributed by atoms with van der Waals surface area (Å²) in [6.07, 6.45) is -1.27. The molecule has 192 valence electrons. The first-order chi connectivity index (χ1) is 16.5. The number of H-pyrrole nitrogens is 1. The predicted octanol–water partition coefficient (Wildman–Crippen LogP) is -2.67. The summed E-state index contributed by atoms with van der Waals surface area (Å²) in [7, 11) is 0. The molecule has 0 aliphatic carbocycles. The molecule has 0 saturated heterocycles. The van der Waals surface area contributed by atoms with Gasteiger partial charge in [0.25, 0.3) is 0 Å². The fourth-order valence-corrected chi connectivity index (χ4v) is 3.38. The molecule has 10 N–H and O–H groups in total. The molecule has 6 unspecified atom stereocenters. The van der Waals surface area contributed by atoms with Crippen molar-refractivity contribution in [3.63, 3.8) is 0 Å². The Morgan fingerprint density at radius 3 is 2.11 bits per heavy atom. The number of aliphatic hydroxyl groups excluding tert-OH is 3. The number of aromatic nitrogens is 1. The number of aliphatic hydroxyl groups is 3. The van der Waals surface area contributed by atoms with Gasteiger partial charge >= 0.3 is 5.97 Å². The number of hydrogen-bond donors (Lipinski definition) is 9. The van der Waals surface area contributed by atoms with Crippen molar-refractivity contribution in [2.75, 3.05) is 6.61 Å². The van der Waals surface area contributed by atoms with Crippen LogP contribution in [0.15, 0.2) is 30.5 Å². The molecule has 2 rings (SSSR count). The van der Waals surface area contributed by atoms with Gasteiger partial charge in [0.15, 0.2) is 6.04 Å². The van der Waals surface area contributed by atoms with Crippen molar-refractivity contribution in [2.24, 2.45) is 5.73 Å². The van der Waals surface area contributed by atoms with Crippen LogP contribution in [-0.4, -0.2) is 92.1 Å². The molecule has 0 spiro atoms. The third-order valence-electron chi connectivity index (χ3n) is 5.37. The number of carboxylic acid groups (broad SMARTS) is 1. The van der Waals surface area contributed by atoms with Crippen LogP contribution in [0.2, 0.25) is 0 Å². The van der Waals surface area contributed by atoms with Gasteiger partial charge in [-0.2, -0.15) is 0 Å². The Hall–Kier alpha value is -3.52. The number of nitrogens with two attached hydrogens (primary N) is 1. The Morgan fingerprint density at radius 2 is 1.54 bits per heavy atom. The molecule has 6 atom stereocenters. The molecule has 3 amide bonds. The maximum atomic E-state index is 13.0. The number of fused-ring (bicyclic) bond motifs is 1. The molecule has 13 heteroatoms. The van der Waals surface area contributed by atoms with Gasteiger partial charge in [0.2, 0.25) is 17.7 Å². The van der Waals surface area contributed by atoms with E-state index in [1.165, 1.54) is 13.8 Å². The van der Waals surface area contributed by atoms with E-state index in [4.69, 9.17) is 10.8 Å². The van der Waals surface area contributed by atoms with Gasteiger partial charge in [-0.1, -0.05) is 18.2 Å². The number of nitrogens with one attached hydrogen (secondary N) is 4. The number of aliphatic carboxylic acids is 1. The van der Waals surface area contributed by atoms with Crippen molar-refractivity contribution >= 4 is 34.6 Å². The van der Waals surface area contributed by atoms with Crippen molar-refractivity contribution in [2.45, 2.75) is 56.6 Å². The van der Waals surface area contributed by atoms with Crippen LogP contribution in [0.25, 0.3) is 10.9 Å². The molecule has 1 aromatic heterocycles. The minimum atomic E-state index is -1.64.